The van der Waals surface area contributed by atoms with Crippen LogP contribution >= 0.6 is 23.4 Å². The summed E-state index contributed by atoms with van der Waals surface area (Å²) in [4.78, 5) is 14.1. The Balaban J connectivity index is 2.33. The van der Waals surface area contributed by atoms with E-state index in [0.29, 0.717) is 5.02 Å². The minimum atomic E-state index is -0.814. The van der Waals surface area contributed by atoms with Gasteiger partial charge in [0.25, 0.3) is 0 Å². The first-order valence-corrected chi connectivity index (χ1v) is 8.42. The number of rotatable bonds is 5. The Hall–Kier alpha value is -1.49. The van der Waals surface area contributed by atoms with E-state index in [0.717, 1.165) is 15.4 Å². The Bertz CT molecular complexity index is 686. The molecule has 0 amide bonds. The van der Waals surface area contributed by atoms with E-state index in [9.17, 15) is 4.79 Å². The zero-order chi connectivity index (χ0) is 17.0. The van der Waals surface area contributed by atoms with E-state index in [2.05, 4.69) is 0 Å². The third-order valence-corrected chi connectivity index (χ3v) is 5.14. The van der Waals surface area contributed by atoms with Gasteiger partial charge in [-0.1, -0.05) is 41.6 Å². The van der Waals surface area contributed by atoms with Gasteiger partial charge in [-0.15, -0.1) is 0 Å². The maximum atomic E-state index is 12.0. The minimum Gasteiger partial charge on any atom is -0.469 e. The van der Waals surface area contributed by atoms with E-state index in [-0.39, 0.29) is 5.97 Å². The fraction of sp³-hybridized carbons (Fsp3) is 0.278. The van der Waals surface area contributed by atoms with Crippen molar-refractivity contribution >= 4 is 29.3 Å². The Morgan fingerprint density at radius 3 is 2.39 bits per heavy atom. The van der Waals surface area contributed by atoms with Crippen molar-refractivity contribution in [3.63, 3.8) is 0 Å². The second-order valence-corrected chi connectivity index (χ2v) is 7.34. The molecule has 0 fully saturated rings. The number of ether oxygens (including phenoxy) is 1. The van der Waals surface area contributed by atoms with Crippen molar-refractivity contribution in [2.45, 2.75) is 29.7 Å². The molecule has 0 aliphatic rings. The molecule has 2 rings (SSSR count). The van der Waals surface area contributed by atoms with Crippen molar-refractivity contribution in [2.24, 2.45) is 11.1 Å². The first-order valence-electron chi connectivity index (χ1n) is 7.22. The van der Waals surface area contributed by atoms with Gasteiger partial charge in [-0.25, -0.2) is 0 Å². The summed E-state index contributed by atoms with van der Waals surface area (Å²) in [5.41, 5.74) is 6.50. The lowest BCUT2D eigenvalue weighted by atomic mass is 9.81. The molecule has 0 aliphatic carbocycles. The van der Waals surface area contributed by atoms with Gasteiger partial charge in [0.15, 0.2) is 0 Å². The Labute approximate surface area is 146 Å². The van der Waals surface area contributed by atoms with Gasteiger partial charge in [0.05, 0.1) is 12.5 Å². The lowest BCUT2D eigenvalue weighted by molar-refractivity contribution is -0.152. The van der Waals surface area contributed by atoms with Crippen molar-refractivity contribution in [1.82, 2.24) is 0 Å². The Kier molecular flexibility index (Phi) is 5.74. The van der Waals surface area contributed by atoms with Gasteiger partial charge in [0, 0.05) is 20.9 Å². The fourth-order valence-electron chi connectivity index (χ4n) is 2.24. The number of esters is 1. The highest BCUT2D eigenvalue weighted by molar-refractivity contribution is 7.99. The molecular formula is C18H20ClNO2S. The number of benzene rings is 2. The third-order valence-electron chi connectivity index (χ3n) is 3.78. The topological polar surface area (TPSA) is 52.3 Å². The van der Waals surface area contributed by atoms with E-state index >= 15 is 0 Å². The van der Waals surface area contributed by atoms with Gasteiger partial charge in [0.1, 0.15) is 0 Å². The second kappa shape index (κ2) is 7.39. The van der Waals surface area contributed by atoms with Crippen LogP contribution in [0.1, 0.15) is 25.5 Å². The van der Waals surface area contributed by atoms with Gasteiger partial charge < -0.3 is 10.5 Å². The highest BCUT2D eigenvalue weighted by Gasteiger charge is 2.37. The van der Waals surface area contributed by atoms with Crippen molar-refractivity contribution in [2.75, 3.05) is 7.11 Å². The number of hydrogen-bond donors (Lipinski definition) is 1. The predicted octanol–water partition coefficient (Wildman–Crippen LogP) is 4.69. The molecule has 3 nitrogen and oxygen atoms in total. The third kappa shape index (κ3) is 4.08. The molecule has 2 aromatic carbocycles. The van der Waals surface area contributed by atoms with Crippen LogP contribution in [0.3, 0.4) is 0 Å². The van der Waals surface area contributed by atoms with Gasteiger partial charge in [-0.2, -0.15) is 0 Å². The summed E-state index contributed by atoms with van der Waals surface area (Å²) in [5, 5.41) is 0.700. The van der Waals surface area contributed by atoms with E-state index in [1.54, 1.807) is 25.6 Å². The first kappa shape index (κ1) is 17.9. The molecule has 5 heteroatoms. The van der Waals surface area contributed by atoms with Crippen molar-refractivity contribution < 1.29 is 9.53 Å². The molecule has 0 saturated heterocycles. The van der Waals surface area contributed by atoms with Crippen LogP contribution in [0.4, 0.5) is 0 Å². The quantitative estimate of drug-likeness (QED) is 0.795. The summed E-state index contributed by atoms with van der Waals surface area (Å²) in [7, 11) is 1.38. The zero-order valence-electron chi connectivity index (χ0n) is 13.4. The summed E-state index contributed by atoms with van der Waals surface area (Å²) in [6, 6.07) is 15.0. The lowest BCUT2D eigenvalue weighted by Gasteiger charge is -2.30. The highest BCUT2D eigenvalue weighted by Crippen LogP contribution is 2.39. The summed E-state index contributed by atoms with van der Waals surface area (Å²) in [6.45, 7) is 3.60. The number of carbonyl (C=O) groups excluding carboxylic acids is 1. The maximum absolute atomic E-state index is 12.0. The van der Waals surface area contributed by atoms with Crippen LogP contribution in [0.2, 0.25) is 5.02 Å². The van der Waals surface area contributed by atoms with Crippen LogP contribution in [0.25, 0.3) is 0 Å². The van der Waals surface area contributed by atoms with Gasteiger partial charge in [0.2, 0.25) is 0 Å². The Morgan fingerprint density at radius 1 is 1.17 bits per heavy atom. The SMILES string of the molecule is COC(=O)C(C)(C)[C@@H](N)c1ccccc1Sc1ccc(Cl)cc1. The maximum Gasteiger partial charge on any atom is 0.313 e. The van der Waals surface area contributed by atoms with Crippen LogP contribution in [0.5, 0.6) is 0 Å². The van der Waals surface area contributed by atoms with E-state index in [4.69, 9.17) is 22.1 Å². The zero-order valence-corrected chi connectivity index (χ0v) is 14.9. The van der Waals surface area contributed by atoms with Crippen molar-refractivity contribution in [3.8, 4) is 0 Å². The molecule has 0 unspecified atom stereocenters. The monoisotopic (exact) mass is 349 g/mol. The summed E-state index contributed by atoms with van der Waals surface area (Å²) in [6.07, 6.45) is 0. The molecule has 122 valence electrons. The number of hydrogen-bond acceptors (Lipinski definition) is 4. The number of methoxy groups -OCH3 is 1. The normalized spacial score (nSPS) is 12.7. The molecule has 0 spiro atoms. The van der Waals surface area contributed by atoms with E-state index < -0.39 is 11.5 Å². The summed E-state index contributed by atoms with van der Waals surface area (Å²) in [5.74, 6) is -0.323. The number of nitrogens with two attached hydrogens (primary N) is 1. The highest BCUT2D eigenvalue weighted by atomic mass is 35.5. The molecule has 0 saturated carbocycles. The molecule has 1 atom stereocenters. The summed E-state index contributed by atoms with van der Waals surface area (Å²) >= 11 is 7.52. The summed E-state index contributed by atoms with van der Waals surface area (Å²) < 4.78 is 4.89. The molecule has 2 N–H and O–H groups in total. The van der Waals surface area contributed by atoms with Crippen molar-refractivity contribution in [3.05, 3.63) is 59.1 Å². The molecule has 0 heterocycles. The van der Waals surface area contributed by atoms with Crippen molar-refractivity contribution in [1.29, 1.82) is 0 Å². The largest absolute Gasteiger partial charge is 0.469 e. The Morgan fingerprint density at radius 2 is 1.78 bits per heavy atom. The molecule has 0 aliphatic heterocycles. The van der Waals surface area contributed by atoms with Crippen LogP contribution in [-0.4, -0.2) is 13.1 Å². The van der Waals surface area contributed by atoms with Crippen LogP contribution < -0.4 is 5.73 Å². The van der Waals surface area contributed by atoms with Crippen LogP contribution in [-0.2, 0) is 9.53 Å². The van der Waals surface area contributed by atoms with E-state index in [1.165, 1.54) is 7.11 Å². The molecular weight excluding hydrogens is 330 g/mol. The fourth-order valence-corrected chi connectivity index (χ4v) is 3.35. The predicted molar refractivity (Wildman–Crippen MR) is 94.7 cm³/mol. The van der Waals surface area contributed by atoms with Crippen LogP contribution in [0.15, 0.2) is 58.3 Å². The van der Waals surface area contributed by atoms with Crippen LogP contribution in [0, 0.1) is 5.41 Å². The lowest BCUT2D eigenvalue weighted by Crippen LogP contribution is -2.37. The van der Waals surface area contributed by atoms with Gasteiger partial charge in [-0.05, 0) is 49.7 Å². The molecule has 2 aromatic rings. The molecule has 0 aromatic heterocycles. The second-order valence-electron chi connectivity index (χ2n) is 5.78. The average molecular weight is 350 g/mol. The number of halogens is 1. The molecule has 0 bridgehead atoms. The number of carbonyl (C=O) groups is 1. The van der Waals surface area contributed by atoms with Gasteiger partial charge >= 0.3 is 5.97 Å². The average Bonchev–Trinajstić information content (AvgIpc) is 2.56. The molecule has 0 radical (unpaired) electrons. The standard InChI is InChI=1S/C18H20ClNO2S/c1-18(2,17(21)22-3)16(20)14-6-4-5-7-15(14)23-13-10-8-12(19)9-11-13/h4-11,16H,20H2,1-3H3/t16-/m0/s1. The van der Waals surface area contributed by atoms with E-state index in [1.807, 2.05) is 48.5 Å². The molecule has 23 heavy (non-hydrogen) atoms. The van der Waals surface area contributed by atoms with Gasteiger partial charge in [-0.3, -0.25) is 4.79 Å². The first-order chi connectivity index (χ1) is 10.9. The smallest absolute Gasteiger partial charge is 0.313 e. The minimum absolute atomic E-state index is 0.323.